The number of carbonyl (C=O) groups is 2. The molecule has 1 atom stereocenters. The van der Waals surface area contributed by atoms with Crippen molar-refractivity contribution in [2.24, 2.45) is 11.3 Å². The molecule has 0 aromatic carbocycles. The standard InChI is InChI=1S/C14H17NO3S/c16-12(10-7-14(10)5-1-2-6-14)15-8-9-3-4-11(19-9)13(17)18/h3-4,10H,1-2,5-8H2,(H,15,16)(H,17,18). The molecule has 1 unspecified atom stereocenters. The lowest BCUT2D eigenvalue weighted by Gasteiger charge is -2.08. The summed E-state index contributed by atoms with van der Waals surface area (Å²) >= 11 is 1.22. The largest absolute Gasteiger partial charge is 0.477 e. The number of hydrogen-bond donors (Lipinski definition) is 2. The molecule has 0 bridgehead atoms. The highest BCUT2D eigenvalue weighted by Crippen LogP contribution is 2.62. The first-order valence-corrected chi connectivity index (χ1v) is 7.52. The Balaban J connectivity index is 1.52. The number of carboxylic acids is 1. The molecular formula is C14H17NO3S. The first-order valence-electron chi connectivity index (χ1n) is 6.70. The van der Waals surface area contributed by atoms with Crippen molar-refractivity contribution in [1.82, 2.24) is 5.32 Å². The lowest BCUT2D eigenvalue weighted by Crippen LogP contribution is -2.26. The third-order valence-electron chi connectivity index (χ3n) is 4.41. The second-order valence-corrected chi connectivity index (χ2v) is 6.78. The van der Waals surface area contributed by atoms with Gasteiger partial charge in [0.2, 0.25) is 5.91 Å². The van der Waals surface area contributed by atoms with Crippen LogP contribution in [0.5, 0.6) is 0 Å². The Kier molecular flexibility index (Phi) is 3.09. The van der Waals surface area contributed by atoms with Crippen LogP contribution in [-0.4, -0.2) is 17.0 Å². The molecule has 1 amide bonds. The minimum Gasteiger partial charge on any atom is -0.477 e. The van der Waals surface area contributed by atoms with Crippen molar-refractivity contribution in [1.29, 1.82) is 0 Å². The van der Waals surface area contributed by atoms with E-state index in [0.29, 0.717) is 16.8 Å². The maximum Gasteiger partial charge on any atom is 0.345 e. The predicted molar refractivity (Wildman–Crippen MR) is 72.1 cm³/mol. The van der Waals surface area contributed by atoms with Gasteiger partial charge in [0.05, 0.1) is 6.54 Å². The number of carboxylic acid groups (broad SMARTS) is 1. The average molecular weight is 279 g/mol. The quantitative estimate of drug-likeness (QED) is 0.890. The van der Waals surface area contributed by atoms with Crippen molar-refractivity contribution in [3.05, 3.63) is 21.9 Å². The fourth-order valence-electron chi connectivity index (χ4n) is 3.24. The summed E-state index contributed by atoms with van der Waals surface area (Å²) in [6.07, 6.45) is 5.97. The van der Waals surface area contributed by atoms with Gasteiger partial charge in [0, 0.05) is 10.8 Å². The number of aromatic carboxylic acids is 1. The molecule has 0 aliphatic heterocycles. The fraction of sp³-hybridized carbons (Fsp3) is 0.571. The molecular weight excluding hydrogens is 262 g/mol. The molecule has 102 valence electrons. The molecule has 3 rings (SSSR count). The second-order valence-electron chi connectivity index (χ2n) is 5.62. The van der Waals surface area contributed by atoms with Gasteiger partial charge in [0.1, 0.15) is 4.88 Å². The van der Waals surface area contributed by atoms with Gasteiger partial charge in [0.15, 0.2) is 0 Å². The molecule has 2 fully saturated rings. The summed E-state index contributed by atoms with van der Waals surface area (Å²) in [7, 11) is 0. The van der Waals surface area contributed by atoms with Crippen molar-refractivity contribution >= 4 is 23.2 Å². The van der Waals surface area contributed by atoms with E-state index in [9.17, 15) is 9.59 Å². The maximum atomic E-state index is 12.1. The zero-order chi connectivity index (χ0) is 13.5. The summed E-state index contributed by atoms with van der Waals surface area (Å²) in [4.78, 5) is 24.0. The van der Waals surface area contributed by atoms with E-state index in [1.165, 1.54) is 37.0 Å². The number of carbonyl (C=O) groups excluding carboxylic acids is 1. The summed E-state index contributed by atoms with van der Waals surface area (Å²) in [5, 5.41) is 11.8. The van der Waals surface area contributed by atoms with Crippen LogP contribution in [0.1, 0.15) is 46.7 Å². The van der Waals surface area contributed by atoms with E-state index < -0.39 is 5.97 Å². The molecule has 1 aromatic rings. The molecule has 4 nitrogen and oxygen atoms in total. The Bertz CT molecular complexity index is 517. The lowest BCUT2D eigenvalue weighted by molar-refractivity contribution is -0.123. The summed E-state index contributed by atoms with van der Waals surface area (Å²) in [6, 6.07) is 3.36. The highest BCUT2D eigenvalue weighted by atomic mass is 32.1. The summed E-state index contributed by atoms with van der Waals surface area (Å²) in [5.74, 6) is -0.559. The zero-order valence-electron chi connectivity index (χ0n) is 10.6. The SMILES string of the molecule is O=C(O)c1ccc(CNC(=O)C2CC23CCCC3)s1. The molecule has 19 heavy (non-hydrogen) atoms. The van der Waals surface area contributed by atoms with E-state index >= 15 is 0 Å². The van der Waals surface area contributed by atoms with Gasteiger partial charge < -0.3 is 10.4 Å². The van der Waals surface area contributed by atoms with E-state index in [0.717, 1.165) is 11.3 Å². The number of amides is 1. The van der Waals surface area contributed by atoms with Crippen molar-refractivity contribution in [3.8, 4) is 0 Å². The van der Waals surface area contributed by atoms with E-state index in [4.69, 9.17) is 5.11 Å². The van der Waals surface area contributed by atoms with Gasteiger partial charge in [-0.2, -0.15) is 0 Å². The Morgan fingerprint density at radius 2 is 2.11 bits per heavy atom. The van der Waals surface area contributed by atoms with Crippen LogP contribution in [0.2, 0.25) is 0 Å². The second kappa shape index (κ2) is 4.63. The maximum absolute atomic E-state index is 12.1. The number of hydrogen-bond acceptors (Lipinski definition) is 3. The molecule has 2 aliphatic rings. The van der Waals surface area contributed by atoms with Gasteiger partial charge in [-0.3, -0.25) is 4.79 Å². The van der Waals surface area contributed by atoms with Gasteiger partial charge in [0.25, 0.3) is 0 Å². The van der Waals surface area contributed by atoms with Crippen LogP contribution in [0, 0.1) is 11.3 Å². The number of rotatable bonds is 4. The van der Waals surface area contributed by atoms with Crippen molar-refractivity contribution in [2.45, 2.75) is 38.6 Å². The van der Waals surface area contributed by atoms with Crippen molar-refractivity contribution in [2.75, 3.05) is 0 Å². The van der Waals surface area contributed by atoms with Crippen LogP contribution < -0.4 is 5.32 Å². The van der Waals surface area contributed by atoms with Gasteiger partial charge in [-0.25, -0.2) is 4.79 Å². The van der Waals surface area contributed by atoms with Gasteiger partial charge in [-0.15, -0.1) is 11.3 Å². The number of nitrogens with one attached hydrogen (secondary N) is 1. The molecule has 0 saturated heterocycles. The normalized spacial score (nSPS) is 23.5. The molecule has 1 spiro atoms. The molecule has 2 N–H and O–H groups in total. The Hall–Kier alpha value is -1.36. The number of thiophene rings is 1. The first kappa shape index (κ1) is 12.7. The highest BCUT2D eigenvalue weighted by Gasteiger charge is 2.58. The lowest BCUT2D eigenvalue weighted by atomic mass is 10.0. The van der Waals surface area contributed by atoms with Crippen molar-refractivity contribution in [3.63, 3.8) is 0 Å². The van der Waals surface area contributed by atoms with Crippen molar-refractivity contribution < 1.29 is 14.7 Å². The van der Waals surface area contributed by atoms with Crippen LogP contribution >= 0.6 is 11.3 Å². The Labute approximate surface area is 115 Å². The van der Waals surface area contributed by atoms with E-state index in [1.54, 1.807) is 12.1 Å². The van der Waals surface area contributed by atoms with Crippen LogP contribution in [0.25, 0.3) is 0 Å². The highest BCUT2D eigenvalue weighted by molar-refractivity contribution is 7.13. The summed E-state index contributed by atoms with van der Waals surface area (Å²) < 4.78 is 0. The van der Waals surface area contributed by atoms with Gasteiger partial charge in [-0.05, 0) is 36.8 Å². The minimum absolute atomic E-state index is 0.146. The topological polar surface area (TPSA) is 66.4 Å². The van der Waals surface area contributed by atoms with Crippen LogP contribution in [0.3, 0.4) is 0 Å². The fourth-order valence-corrected chi connectivity index (χ4v) is 4.02. The Morgan fingerprint density at radius 1 is 1.37 bits per heavy atom. The van der Waals surface area contributed by atoms with Crippen LogP contribution in [-0.2, 0) is 11.3 Å². The van der Waals surface area contributed by atoms with Crippen LogP contribution in [0.15, 0.2) is 12.1 Å². The molecule has 1 aromatic heterocycles. The van der Waals surface area contributed by atoms with Gasteiger partial charge >= 0.3 is 5.97 Å². The molecule has 0 radical (unpaired) electrons. The average Bonchev–Trinajstić information content (AvgIpc) is 2.78. The monoisotopic (exact) mass is 279 g/mol. The van der Waals surface area contributed by atoms with E-state index in [2.05, 4.69) is 5.32 Å². The molecule has 2 aliphatic carbocycles. The molecule has 5 heteroatoms. The summed E-state index contributed by atoms with van der Waals surface area (Å²) in [5.41, 5.74) is 0.325. The predicted octanol–water partition coefficient (Wildman–Crippen LogP) is 2.64. The molecule has 1 heterocycles. The van der Waals surface area contributed by atoms with E-state index in [1.807, 2.05) is 0 Å². The first-order chi connectivity index (χ1) is 9.11. The smallest absolute Gasteiger partial charge is 0.345 e. The minimum atomic E-state index is -0.908. The third kappa shape index (κ3) is 2.39. The molecule has 2 saturated carbocycles. The van der Waals surface area contributed by atoms with Crippen LogP contribution in [0.4, 0.5) is 0 Å². The van der Waals surface area contributed by atoms with Gasteiger partial charge in [-0.1, -0.05) is 12.8 Å². The Morgan fingerprint density at radius 3 is 2.74 bits per heavy atom. The zero-order valence-corrected chi connectivity index (χ0v) is 11.5. The third-order valence-corrected chi connectivity index (χ3v) is 5.49. The van der Waals surface area contributed by atoms with E-state index in [-0.39, 0.29) is 11.8 Å². The summed E-state index contributed by atoms with van der Waals surface area (Å²) in [6.45, 7) is 0.448.